The van der Waals surface area contributed by atoms with E-state index in [0.29, 0.717) is 19.5 Å². The minimum Gasteiger partial charge on any atom is -0.481 e. The Labute approximate surface area is 256 Å². The molecule has 1 aliphatic heterocycles. The summed E-state index contributed by atoms with van der Waals surface area (Å²) in [5.41, 5.74) is 7.18. The number of benzene rings is 2. The number of rotatable bonds is 8. The van der Waals surface area contributed by atoms with Gasteiger partial charge in [0.05, 0.1) is 40.7 Å². The van der Waals surface area contributed by atoms with Gasteiger partial charge in [0.1, 0.15) is 5.82 Å². The second-order valence-electron chi connectivity index (χ2n) is 12.8. The Morgan fingerprint density at radius 3 is 2.55 bits per heavy atom. The smallest absolute Gasteiger partial charge is 0.310 e. The first-order valence-electron chi connectivity index (χ1n) is 15.4. The molecule has 0 unspecified atom stereocenters. The number of fused-ring (bicyclic) bond motifs is 2. The van der Waals surface area contributed by atoms with E-state index in [1.807, 2.05) is 71.0 Å². The second kappa shape index (κ2) is 10.6. The number of pyridine rings is 1. The third kappa shape index (κ3) is 4.66. The Morgan fingerprint density at radius 1 is 1.05 bits per heavy atom. The van der Waals surface area contributed by atoms with Gasteiger partial charge >= 0.3 is 5.97 Å². The molecule has 44 heavy (non-hydrogen) atoms. The molecule has 2 aliphatic rings. The maximum Gasteiger partial charge on any atom is 0.310 e. The average molecular weight is 591 g/mol. The normalized spacial score (nSPS) is 20.2. The zero-order valence-corrected chi connectivity index (χ0v) is 25.6. The molecule has 3 atom stereocenters. The molecule has 1 saturated heterocycles. The number of aliphatic carboxylic acids is 1. The van der Waals surface area contributed by atoms with Gasteiger partial charge in [0.2, 0.25) is 0 Å². The van der Waals surface area contributed by atoms with Gasteiger partial charge in [0.25, 0.3) is 0 Å². The zero-order valence-electron chi connectivity index (χ0n) is 25.6. The zero-order chi connectivity index (χ0) is 30.7. The summed E-state index contributed by atoms with van der Waals surface area (Å²) in [6, 6.07) is 19.9. The minimum atomic E-state index is -0.658. The highest BCUT2D eigenvalue weighted by Gasteiger charge is 2.62. The number of aliphatic hydroxyl groups excluding tert-OH is 1. The van der Waals surface area contributed by atoms with Gasteiger partial charge in [0.15, 0.2) is 0 Å². The van der Waals surface area contributed by atoms with E-state index in [1.54, 1.807) is 0 Å². The van der Waals surface area contributed by atoms with Crippen molar-refractivity contribution in [3.8, 4) is 16.9 Å². The molecule has 0 spiro atoms. The first-order chi connectivity index (χ1) is 21.2. The van der Waals surface area contributed by atoms with E-state index in [9.17, 15) is 15.0 Å². The van der Waals surface area contributed by atoms with E-state index in [2.05, 4.69) is 37.8 Å². The number of piperidine rings is 1. The van der Waals surface area contributed by atoms with Gasteiger partial charge in [-0.2, -0.15) is 10.2 Å². The van der Waals surface area contributed by atoms with Crippen molar-refractivity contribution in [1.82, 2.24) is 24.5 Å². The molecule has 226 valence electrons. The van der Waals surface area contributed by atoms with E-state index < -0.39 is 17.5 Å². The average Bonchev–Trinajstić information content (AvgIpc) is 3.47. The van der Waals surface area contributed by atoms with Crippen LogP contribution in [0.25, 0.3) is 27.8 Å². The van der Waals surface area contributed by atoms with E-state index >= 15 is 0 Å². The summed E-state index contributed by atoms with van der Waals surface area (Å²) in [5.74, 6) is 0.674. The summed E-state index contributed by atoms with van der Waals surface area (Å²) < 4.78 is 3.83. The lowest BCUT2D eigenvalue weighted by atomic mass is 9.95. The van der Waals surface area contributed by atoms with Crippen LogP contribution in [-0.2, 0) is 11.3 Å². The van der Waals surface area contributed by atoms with Crippen molar-refractivity contribution in [2.75, 3.05) is 18.0 Å². The minimum absolute atomic E-state index is 0.203. The topological polar surface area (TPSA) is 109 Å². The number of carboxylic acids is 1. The van der Waals surface area contributed by atoms with Crippen LogP contribution in [0.5, 0.6) is 0 Å². The monoisotopic (exact) mass is 590 g/mol. The van der Waals surface area contributed by atoms with Crippen LogP contribution < -0.4 is 4.90 Å². The third-order valence-corrected chi connectivity index (χ3v) is 9.66. The standard InChI is InChI=1S/C35H38N6O3/c1-21(2)32-23(4)41(29-13-14-31(36-22(29)3)39-16-15-35(34(43)44)17-25(35)18-39)38-33(32)26-11-8-12-28-27(26)19-40(37-28)20-30(42)24-9-6-5-7-10-24/h5-14,19,21,25,30,42H,15-18,20H2,1-4H3,(H,43,44)/t25-,30+,35+/m1/s1. The fourth-order valence-electron chi connectivity index (χ4n) is 7.12. The Morgan fingerprint density at radius 2 is 1.84 bits per heavy atom. The Balaban J connectivity index is 1.21. The van der Waals surface area contributed by atoms with Crippen molar-refractivity contribution in [1.29, 1.82) is 0 Å². The molecular weight excluding hydrogens is 552 g/mol. The first-order valence-corrected chi connectivity index (χ1v) is 15.4. The molecule has 2 aromatic carbocycles. The number of anilines is 1. The van der Waals surface area contributed by atoms with Crippen molar-refractivity contribution >= 4 is 22.7 Å². The van der Waals surface area contributed by atoms with Crippen molar-refractivity contribution in [3.05, 3.63) is 89.4 Å². The van der Waals surface area contributed by atoms with Gasteiger partial charge in [-0.25, -0.2) is 9.67 Å². The molecule has 2 N–H and O–H groups in total. The molecule has 3 aromatic heterocycles. The number of aryl methyl sites for hydroxylation is 1. The highest BCUT2D eigenvalue weighted by atomic mass is 16.4. The van der Waals surface area contributed by atoms with Crippen LogP contribution in [0.3, 0.4) is 0 Å². The number of aliphatic hydroxyl groups is 1. The molecule has 7 rings (SSSR count). The van der Waals surface area contributed by atoms with Gasteiger partial charge in [-0.1, -0.05) is 56.3 Å². The Kier molecular flexibility index (Phi) is 6.81. The van der Waals surface area contributed by atoms with E-state index in [1.165, 1.54) is 5.56 Å². The summed E-state index contributed by atoms with van der Waals surface area (Å²) in [5, 5.41) is 31.5. The molecular formula is C35H38N6O3. The number of carboxylic acid groups (broad SMARTS) is 1. The molecule has 9 heteroatoms. The quantitative estimate of drug-likeness (QED) is 0.226. The maximum atomic E-state index is 11.7. The fourth-order valence-corrected chi connectivity index (χ4v) is 7.12. The van der Waals surface area contributed by atoms with E-state index in [-0.39, 0.29) is 11.8 Å². The van der Waals surface area contributed by atoms with Gasteiger partial charge in [0, 0.05) is 41.5 Å². The lowest BCUT2D eigenvalue weighted by molar-refractivity contribution is -0.144. The number of carbonyl (C=O) groups is 1. The van der Waals surface area contributed by atoms with Gasteiger partial charge in [-0.05, 0) is 62.3 Å². The molecule has 9 nitrogen and oxygen atoms in total. The highest BCUT2D eigenvalue weighted by molar-refractivity contribution is 5.94. The Hall–Kier alpha value is -4.50. The van der Waals surface area contributed by atoms with Crippen molar-refractivity contribution in [2.24, 2.45) is 11.3 Å². The Bertz CT molecular complexity index is 1880. The van der Waals surface area contributed by atoms with Gasteiger partial charge in [-0.3, -0.25) is 9.48 Å². The molecule has 0 bridgehead atoms. The van der Waals surface area contributed by atoms with Crippen LogP contribution in [-0.4, -0.2) is 53.8 Å². The molecule has 0 amide bonds. The third-order valence-electron chi connectivity index (χ3n) is 9.66. The molecule has 0 radical (unpaired) electrons. The molecule has 1 saturated carbocycles. The molecule has 2 fully saturated rings. The van der Waals surface area contributed by atoms with E-state index in [4.69, 9.17) is 15.2 Å². The lowest BCUT2D eigenvalue weighted by Gasteiger charge is -2.31. The molecule has 5 aromatic rings. The predicted octanol–water partition coefficient (Wildman–Crippen LogP) is 6.06. The maximum absolute atomic E-state index is 11.7. The lowest BCUT2D eigenvalue weighted by Crippen LogP contribution is -2.38. The summed E-state index contributed by atoms with van der Waals surface area (Å²) in [7, 11) is 0. The SMILES string of the molecule is Cc1nc(N2CC[C@]3(C(=O)O)C[C@@H]3C2)ccc1-n1nc(-c2cccc3nn(C[C@H](O)c4ccccc4)cc23)c(C(C)C)c1C. The highest BCUT2D eigenvalue weighted by Crippen LogP contribution is 2.58. The van der Waals surface area contributed by atoms with Crippen molar-refractivity contribution in [2.45, 2.75) is 59.1 Å². The first kappa shape index (κ1) is 28.3. The van der Waals surface area contributed by atoms with Crippen LogP contribution in [0, 0.1) is 25.2 Å². The summed E-state index contributed by atoms with van der Waals surface area (Å²) in [6.45, 7) is 10.3. The number of hydrogen-bond acceptors (Lipinski definition) is 6. The van der Waals surface area contributed by atoms with E-state index in [0.717, 1.165) is 63.6 Å². The summed E-state index contributed by atoms with van der Waals surface area (Å²) >= 11 is 0. The predicted molar refractivity (Wildman–Crippen MR) is 170 cm³/mol. The number of nitrogens with zero attached hydrogens (tertiary/aromatic N) is 6. The van der Waals surface area contributed by atoms with Crippen LogP contribution >= 0.6 is 0 Å². The number of aromatic nitrogens is 5. The van der Waals surface area contributed by atoms with Crippen LogP contribution in [0.2, 0.25) is 0 Å². The molecule has 4 heterocycles. The fraction of sp³-hybridized carbons (Fsp3) is 0.371. The van der Waals surface area contributed by atoms with Gasteiger partial charge < -0.3 is 15.1 Å². The largest absolute Gasteiger partial charge is 0.481 e. The number of hydrogen-bond donors (Lipinski definition) is 2. The van der Waals surface area contributed by atoms with Crippen molar-refractivity contribution in [3.63, 3.8) is 0 Å². The van der Waals surface area contributed by atoms with Crippen molar-refractivity contribution < 1.29 is 15.0 Å². The van der Waals surface area contributed by atoms with Crippen LogP contribution in [0.1, 0.15) is 61.2 Å². The van der Waals surface area contributed by atoms with Crippen LogP contribution in [0.4, 0.5) is 5.82 Å². The summed E-state index contributed by atoms with van der Waals surface area (Å²) in [6.07, 6.45) is 2.79. The summed E-state index contributed by atoms with van der Waals surface area (Å²) in [4.78, 5) is 18.9. The van der Waals surface area contributed by atoms with Crippen LogP contribution in [0.15, 0.2) is 66.9 Å². The molecule has 1 aliphatic carbocycles. The van der Waals surface area contributed by atoms with Gasteiger partial charge in [-0.15, -0.1) is 0 Å². The second-order valence-corrected chi connectivity index (χ2v) is 12.8.